The highest BCUT2D eigenvalue weighted by Gasteiger charge is 2.24. The van der Waals surface area contributed by atoms with Gasteiger partial charge in [0.25, 0.3) is 0 Å². The van der Waals surface area contributed by atoms with Crippen LogP contribution in [0.1, 0.15) is 24.6 Å². The number of rotatable bonds is 3. The van der Waals surface area contributed by atoms with E-state index in [9.17, 15) is 0 Å². The summed E-state index contributed by atoms with van der Waals surface area (Å²) in [6.45, 7) is 7.44. The van der Waals surface area contributed by atoms with Crippen molar-refractivity contribution in [2.45, 2.75) is 32.9 Å². The minimum Gasteiger partial charge on any atom is -0.328 e. The first kappa shape index (κ1) is 14.4. The van der Waals surface area contributed by atoms with E-state index in [1.165, 1.54) is 18.5 Å². The molecular weight excluding hydrogens is 234 g/mol. The number of pyridine rings is 1. The van der Waals surface area contributed by atoms with Crippen LogP contribution in [0.3, 0.4) is 0 Å². The van der Waals surface area contributed by atoms with Gasteiger partial charge in [0.1, 0.15) is 0 Å². The van der Waals surface area contributed by atoms with Crippen LogP contribution in [0.2, 0.25) is 0 Å². The van der Waals surface area contributed by atoms with Gasteiger partial charge in [-0.15, -0.1) is 12.4 Å². The number of likely N-dealkylation sites (tertiary alicyclic amines) is 1. The van der Waals surface area contributed by atoms with Crippen LogP contribution < -0.4 is 5.73 Å². The molecule has 1 saturated heterocycles. The molecule has 0 aromatic carbocycles. The van der Waals surface area contributed by atoms with E-state index in [-0.39, 0.29) is 12.4 Å². The molecule has 2 atom stereocenters. The molecule has 1 aliphatic rings. The lowest BCUT2D eigenvalue weighted by Crippen LogP contribution is -2.29. The van der Waals surface area contributed by atoms with Crippen molar-refractivity contribution >= 4 is 12.4 Å². The molecule has 0 spiro atoms. The third kappa shape index (κ3) is 3.95. The van der Waals surface area contributed by atoms with Gasteiger partial charge in [0, 0.05) is 31.0 Å². The number of aromatic nitrogens is 1. The summed E-state index contributed by atoms with van der Waals surface area (Å²) < 4.78 is 0. The Labute approximate surface area is 110 Å². The minimum absolute atomic E-state index is 0. The van der Waals surface area contributed by atoms with Crippen molar-refractivity contribution in [3.63, 3.8) is 0 Å². The average molecular weight is 256 g/mol. The number of hydrogen-bond acceptors (Lipinski definition) is 3. The van der Waals surface area contributed by atoms with E-state index >= 15 is 0 Å². The zero-order valence-corrected chi connectivity index (χ0v) is 11.4. The largest absolute Gasteiger partial charge is 0.328 e. The third-order valence-corrected chi connectivity index (χ3v) is 3.43. The first-order valence-corrected chi connectivity index (χ1v) is 6.04. The Morgan fingerprint density at radius 2 is 2.29 bits per heavy atom. The molecule has 17 heavy (non-hydrogen) atoms. The molecular formula is C13H22ClN3. The van der Waals surface area contributed by atoms with Crippen LogP contribution in [-0.2, 0) is 6.54 Å². The molecule has 1 aromatic rings. The normalized spacial score (nSPS) is 22.2. The van der Waals surface area contributed by atoms with Crippen LogP contribution in [-0.4, -0.2) is 29.0 Å². The van der Waals surface area contributed by atoms with Crippen LogP contribution in [0.15, 0.2) is 18.3 Å². The Morgan fingerprint density at radius 1 is 1.53 bits per heavy atom. The highest BCUT2D eigenvalue weighted by Crippen LogP contribution is 2.20. The molecule has 1 aromatic heterocycles. The highest BCUT2D eigenvalue weighted by molar-refractivity contribution is 5.85. The minimum atomic E-state index is 0. The summed E-state index contributed by atoms with van der Waals surface area (Å²) in [6, 6.07) is 4.57. The summed E-state index contributed by atoms with van der Waals surface area (Å²) >= 11 is 0. The molecule has 0 aliphatic carbocycles. The average Bonchev–Trinajstić information content (AvgIpc) is 2.70. The van der Waals surface area contributed by atoms with Crippen molar-refractivity contribution in [1.82, 2.24) is 9.88 Å². The van der Waals surface area contributed by atoms with E-state index in [2.05, 4.69) is 28.9 Å². The highest BCUT2D eigenvalue weighted by atomic mass is 35.5. The number of nitrogens with zero attached hydrogens (tertiary/aromatic N) is 2. The SMILES string of the molecule is Cc1ccc(CN2CCC(C(C)N)C2)cn1.Cl. The summed E-state index contributed by atoms with van der Waals surface area (Å²) in [5, 5.41) is 0. The smallest absolute Gasteiger partial charge is 0.0372 e. The predicted molar refractivity (Wildman–Crippen MR) is 73.3 cm³/mol. The predicted octanol–water partition coefficient (Wildman–Crippen LogP) is 1.98. The van der Waals surface area contributed by atoms with Crippen molar-refractivity contribution in [2.75, 3.05) is 13.1 Å². The van der Waals surface area contributed by atoms with Gasteiger partial charge in [-0.1, -0.05) is 6.07 Å². The summed E-state index contributed by atoms with van der Waals surface area (Å²) in [5.74, 6) is 0.665. The molecule has 2 unspecified atom stereocenters. The van der Waals surface area contributed by atoms with E-state index in [1.807, 2.05) is 13.1 Å². The van der Waals surface area contributed by atoms with Gasteiger partial charge in [0.15, 0.2) is 0 Å². The number of hydrogen-bond donors (Lipinski definition) is 1. The second kappa shape index (κ2) is 6.34. The first-order chi connectivity index (χ1) is 7.65. The lowest BCUT2D eigenvalue weighted by molar-refractivity contribution is 0.308. The Hall–Kier alpha value is -0.640. The van der Waals surface area contributed by atoms with Crippen molar-refractivity contribution in [2.24, 2.45) is 11.7 Å². The second-order valence-corrected chi connectivity index (χ2v) is 4.95. The van der Waals surface area contributed by atoms with Crippen LogP contribution in [0.25, 0.3) is 0 Å². The maximum Gasteiger partial charge on any atom is 0.0372 e. The van der Waals surface area contributed by atoms with Gasteiger partial charge in [-0.05, 0) is 44.4 Å². The molecule has 2 N–H and O–H groups in total. The van der Waals surface area contributed by atoms with Crippen molar-refractivity contribution in [3.8, 4) is 0 Å². The van der Waals surface area contributed by atoms with Gasteiger partial charge < -0.3 is 5.73 Å². The van der Waals surface area contributed by atoms with Crippen LogP contribution >= 0.6 is 12.4 Å². The maximum absolute atomic E-state index is 5.93. The number of halogens is 1. The lowest BCUT2D eigenvalue weighted by atomic mass is 10.0. The van der Waals surface area contributed by atoms with Crippen LogP contribution in [0.4, 0.5) is 0 Å². The molecule has 1 aliphatic heterocycles. The number of nitrogens with two attached hydrogens (primary N) is 1. The van der Waals surface area contributed by atoms with E-state index in [4.69, 9.17) is 5.73 Å². The Kier molecular flexibility index (Phi) is 5.37. The molecule has 96 valence electrons. The van der Waals surface area contributed by atoms with Crippen LogP contribution in [0, 0.1) is 12.8 Å². The zero-order chi connectivity index (χ0) is 11.5. The second-order valence-electron chi connectivity index (χ2n) is 4.95. The van der Waals surface area contributed by atoms with Gasteiger partial charge in [0.2, 0.25) is 0 Å². The molecule has 2 heterocycles. The van der Waals surface area contributed by atoms with E-state index in [0.29, 0.717) is 12.0 Å². The summed E-state index contributed by atoms with van der Waals surface area (Å²) in [5.41, 5.74) is 8.32. The molecule has 1 fully saturated rings. The quantitative estimate of drug-likeness (QED) is 0.898. The summed E-state index contributed by atoms with van der Waals surface area (Å²) in [4.78, 5) is 6.80. The fourth-order valence-corrected chi connectivity index (χ4v) is 2.29. The van der Waals surface area contributed by atoms with E-state index in [0.717, 1.165) is 18.8 Å². The third-order valence-electron chi connectivity index (χ3n) is 3.43. The van der Waals surface area contributed by atoms with Crippen molar-refractivity contribution in [3.05, 3.63) is 29.6 Å². The Morgan fingerprint density at radius 3 is 2.82 bits per heavy atom. The van der Waals surface area contributed by atoms with Crippen molar-refractivity contribution < 1.29 is 0 Å². The fourth-order valence-electron chi connectivity index (χ4n) is 2.29. The molecule has 0 radical (unpaired) electrons. The van der Waals surface area contributed by atoms with Gasteiger partial charge in [-0.25, -0.2) is 0 Å². The molecule has 0 amide bonds. The standard InChI is InChI=1S/C13H21N3.ClH/c1-10-3-4-12(7-15-10)8-16-6-5-13(9-16)11(2)14;/h3-4,7,11,13H,5-6,8-9,14H2,1-2H3;1H. The molecule has 4 heteroatoms. The van der Waals surface area contributed by atoms with Gasteiger partial charge in [-0.3, -0.25) is 9.88 Å². The van der Waals surface area contributed by atoms with Gasteiger partial charge in [0.05, 0.1) is 0 Å². The molecule has 3 nitrogen and oxygen atoms in total. The lowest BCUT2D eigenvalue weighted by Gasteiger charge is -2.17. The number of aryl methyl sites for hydroxylation is 1. The van der Waals surface area contributed by atoms with Gasteiger partial charge >= 0.3 is 0 Å². The molecule has 0 saturated carbocycles. The van der Waals surface area contributed by atoms with Crippen molar-refractivity contribution in [1.29, 1.82) is 0 Å². The zero-order valence-electron chi connectivity index (χ0n) is 10.6. The maximum atomic E-state index is 5.93. The Balaban J connectivity index is 0.00000144. The summed E-state index contributed by atoms with van der Waals surface area (Å²) in [6.07, 6.45) is 3.21. The monoisotopic (exact) mass is 255 g/mol. The fraction of sp³-hybridized carbons (Fsp3) is 0.615. The molecule has 2 rings (SSSR count). The molecule has 0 bridgehead atoms. The van der Waals surface area contributed by atoms with E-state index < -0.39 is 0 Å². The topological polar surface area (TPSA) is 42.1 Å². The van der Waals surface area contributed by atoms with Gasteiger partial charge in [-0.2, -0.15) is 0 Å². The van der Waals surface area contributed by atoms with E-state index in [1.54, 1.807) is 0 Å². The Bertz CT molecular complexity index is 337. The first-order valence-electron chi connectivity index (χ1n) is 6.04. The van der Waals surface area contributed by atoms with Crippen LogP contribution in [0.5, 0.6) is 0 Å². The summed E-state index contributed by atoms with van der Waals surface area (Å²) in [7, 11) is 0.